The zero-order chi connectivity index (χ0) is 18.8. The zero-order valence-corrected chi connectivity index (χ0v) is 14.8. The van der Waals surface area contributed by atoms with Gasteiger partial charge in [-0.2, -0.15) is 0 Å². The average molecular weight is 361 g/mol. The first-order valence-corrected chi connectivity index (χ1v) is 8.77. The number of aromatic nitrogens is 3. The molecule has 4 aromatic rings. The number of hydrogen-bond donors (Lipinski definition) is 3. The molecule has 7 nitrogen and oxygen atoms in total. The van der Waals surface area contributed by atoms with E-state index in [-0.39, 0.29) is 17.9 Å². The Balaban J connectivity index is 1.54. The summed E-state index contributed by atoms with van der Waals surface area (Å²) < 4.78 is 1.49. The second-order valence-corrected chi connectivity index (χ2v) is 6.21. The van der Waals surface area contributed by atoms with Crippen LogP contribution in [-0.4, -0.2) is 20.4 Å². The normalized spacial score (nSPS) is 11.0. The van der Waals surface area contributed by atoms with Crippen molar-refractivity contribution in [3.63, 3.8) is 0 Å². The van der Waals surface area contributed by atoms with Gasteiger partial charge in [-0.3, -0.25) is 25.0 Å². The van der Waals surface area contributed by atoms with Crippen LogP contribution in [0.4, 0.5) is 5.95 Å². The van der Waals surface area contributed by atoms with Gasteiger partial charge in [0.2, 0.25) is 11.9 Å². The van der Waals surface area contributed by atoms with Crippen molar-refractivity contribution in [1.29, 1.82) is 0 Å². The molecule has 0 aliphatic heterocycles. The Hall–Kier alpha value is -3.61. The van der Waals surface area contributed by atoms with Crippen LogP contribution in [0.15, 0.2) is 59.5 Å². The molecule has 0 saturated carbocycles. The SMILES string of the molecule is CCn1c(NNC(=O)Cc2c[nH]c3ccccc23)nc2ccccc2c1=O. The maximum atomic E-state index is 12.6. The number of nitrogens with zero attached hydrogens (tertiary/aromatic N) is 2. The zero-order valence-electron chi connectivity index (χ0n) is 14.8. The van der Waals surface area contributed by atoms with Gasteiger partial charge in [0.1, 0.15) is 0 Å². The molecule has 0 unspecified atom stereocenters. The number of carbonyl (C=O) groups is 1. The minimum absolute atomic E-state index is 0.142. The van der Waals surface area contributed by atoms with E-state index in [9.17, 15) is 9.59 Å². The van der Waals surface area contributed by atoms with Crippen LogP contribution in [0.2, 0.25) is 0 Å². The number of para-hydroxylation sites is 2. The van der Waals surface area contributed by atoms with Crippen LogP contribution in [0.5, 0.6) is 0 Å². The van der Waals surface area contributed by atoms with E-state index in [1.807, 2.05) is 49.5 Å². The average Bonchev–Trinajstić information content (AvgIpc) is 3.09. The molecular weight excluding hydrogens is 342 g/mol. The van der Waals surface area contributed by atoms with Crippen molar-refractivity contribution in [2.75, 3.05) is 5.43 Å². The number of fused-ring (bicyclic) bond motifs is 2. The highest BCUT2D eigenvalue weighted by atomic mass is 16.2. The molecule has 2 aromatic heterocycles. The number of hydrazine groups is 1. The highest BCUT2D eigenvalue weighted by Crippen LogP contribution is 2.18. The molecule has 27 heavy (non-hydrogen) atoms. The fourth-order valence-corrected chi connectivity index (χ4v) is 3.18. The van der Waals surface area contributed by atoms with E-state index in [4.69, 9.17) is 0 Å². The van der Waals surface area contributed by atoms with Crippen molar-refractivity contribution in [2.45, 2.75) is 19.9 Å². The molecule has 0 saturated heterocycles. The minimum atomic E-state index is -0.218. The third kappa shape index (κ3) is 3.15. The fraction of sp³-hybridized carbons (Fsp3) is 0.150. The first kappa shape index (κ1) is 16.8. The Morgan fingerprint density at radius 3 is 2.67 bits per heavy atom. The van der Waals surface area contributed by atoms with Crippen LogP contribution in [0.1, 0.15) is 12.5 Å². The van der Waals surface area contributed by atoms with Gasteiger partial charge in [0, 0.05) is 23.6 Å². The van der Waals surface area contributed by atoms with Crippen molar-refractivity contribution in [3.8, 4) is 0 Å². The Morgan fingerprint density at radius 2 is 1.85 bits per heavy atom. The maximum absolute atomic E-state index is 12.6. The van der Waals surface area contributed by atoms with Gasteiger partial charge in [0.05, 0.1) is 17.3 Å². The number of amides is 1. The predicted octanol–water partition coefficient (Wildman–Crippen LogP) is 2.58. The summed E-state index contributed by atoms with van der Waals surface area (Å²) in [5, 5.41) is 1.57. The lowest BCUT2D eigenvalue weighted by Crippen LogP contribution is -2.35. The van der Waals surface area contributed by atoms with E-state index in [2.05, 4.69) is 20.8 Å². The van der Waals surface area contributed by atoms with E-state index in [0.717, 1.165) is 16.5 Å². The lowest BCUT2D eigenvalue weighted by Gasteiger charge is -2.14. The van der Waals surface area contributed by atoms with Crippen LogP contribution < -0.4 is 16.4 Å². The van der Waals surface area contributed by atoms with Gasteiger partial charge in [-0.05, 0) is 30.7 Å². The Bertz CT molecular complexity index is 1190. The molecule has 4 rings (SSSR count). The molecule has 136 valence electrons. The molecule has 1 amide bonds. The molecule has 0 aliphatic rings. The standard InChI is InChI=1S/C20H19N5O2/c1-2-25-19(27)15-8-4-6-10-17(15)22-20(25)24-23-18(26)11-13-12-21-16-9-5-3-7-14(13)16/h3-10,12,21H,2,11H2,1H3,(H,22,24)(H,23,26). The van der Waals surface area contributed by atoms with Gasteiger partial charge in [-0.25, -0.2) is 4.98 Å². The third-order valence-electron chi connectivity index (χ3n) is 4.52. The van der Waals surface area contributed by atoms with Crippen molar-refractivity contribution in [2.24, 2.45) is 0 Å². The van der Waals surface area contributed by atoms with E-state index >= 15 is 0 Å². The molecule has 7 heteroatoms. The molecule has 0 atom stereocenters. The molecule has 2 aromatic carbocycles. The number of aromatic amines is 1. The summed E-state index contributed by atoms with van der Waals surface area (Å²) in [6.07, 6.45) is 2.04. The van der Waals surface area contributed by atoms with E-state index in [1.54, 1.807) is 12.1 Å². The van der Waals surface area contributed by atoms with Crippen LogP contribution in [0, 0.1) is 0 Å². The van der Waals surface area contributed by atoms with Crippen LogP contribution in [0.25, 0.3) is 21.8 Å². The minimum Gasteiger partial charge on any atom is -0.361 e. The van der Waals surface area contributed by atoms with E-state index in [1.165, 1.54) is 4.57 Å². The summed E-state index contributed by atoms with van der Waals surface area (Å²) in [6, 6.07) is 15.0. The Morgan fingerprint density at radius 1 is 1.11 bits per heavy atom. The number of carbonyl (C=O) groups excluding carboxylic acids is 1. The van der Waals surface area contributed by atoms with E-state index < -0.39 is 0 Å². The largest absolute Gasteiger partial charge is 0.361 e. The molecule has 0 spiro atoms. The lowest BCUT2D eigenvalue weighted by atomic mass is 10.1. The fourth-order valence-electron chi connectivity index (χ4n) is 3.18. The second-order valence-electron chi connectivity index (χ2n) is 6.21. The van der Waals surface area contributed by atoms with Crippen LogP contribution >= 0.6 is 0 Å². The summed E-state index contributed by atoms with van der Waals surface area (Å²) in [5.41, 5.74) is 7.78. The van der Waals surface area contributed by atoms with Gasteiger partial charge in [-0.15, -0.1) is 0 Å². The van der Waals surface area contributed by atoms with Gasteiger partial charge in [-0.1, -0.05) is 30.3 Å². The number of benzene rings is 2. The number of rotatable bonds is 5. The van der Waals surface area contributed by atoms with Crippen molar-refractivity contribution in [1.82, 2.24) is 20.0 Å². The summed E-state index contributed by atoms with van der Waals surface area (Å²) in [5.74, 6) is 0.0956. The smallest absolute Gasteiger partial charge is 0.262 e. The molecule has 2 heterocycles. The van der Waals surface area contributed by atoms with Crippen molar-refractivity contribution < 1.29 is 4.79 Å². The van der Waals surface area contributed by atoms with Gasteiger partial charge >= 0.3 is 0 Å². The molecule has 0 radical (unpaired) electrons. The number of H-pyrrole nitrogens is 1. The highest BCUT2D eigenvalue weighted by Gasteiger charge is 2.12. The third-order valence-corrected chi connectivity index (χ3v) is 4.52. The molecule has 0 aliphatic carbocycles. The number of hydrogen-bond acceptors (Lipinski definition) is 4. The first-order chi connectivity index (χ1) is 13.2. The summed E-state index contributed by atoms with van der Waals surface area (Å²) in [4.78, 5) is 32.6. The number of anilines is 1. The van der Waals surface area contributed by atoms with Gasteiger partial charge < -0.3 is 4.98 Å². The quantitative estimate of drug-likeness (QED) is 0.477. The summed E-state index contributed by atoms with van der Waals surface area (Å²) in [7, 11) is 0. The lowest BCUT2D eigenvalue weighted by molar-refractivity contribution is -0.119. The van der Waals surface area contributed by atoms with Crippen molar-refractivity contribution >= 4 is 33.7 Å². The molecule has 3 N–H and O–H groups in total. The topological polar surface area (TPSA) is 91.8 Å². The predicted molar refractivity (Wildman–Crippen MR) is 105 cm³/mol. The highest BCUT2D eigenvalue weighted by molar-refractivity contribution is 5.89. The van der Waals surface area contributed by atoms with Gasteiger partial charge in [0.15, 0.2) is 0 Å². The summed E-state index contributed by atoms with van der Waals surface area (Å²) in [6.45, 7) is 2.30. The molecule has 0 bridgehead atoms. The van der Waals surface area contributed by atoms with Crippen molar-refractivity contribution in [3.05, 3.63) is 70.6 Å². The summed E-state index contributed by atoms with van der Waals surface area (Å²) >= 11 is 0. The van der Waals surface area contributed by atoms with Crippen LogP contribution in [0.3, 0.4) is 0 Å². The first-order valence-electron chi connectivity index (χ1n) is 8.77. The van der Waals surface area contributed by atoms with Gasteiger partial charge in [0.25, 0.3) is 5.56 Å². The molecular formula is C20H19N5O2. The van der Waals surface area contributed by atoms with E-state index in [0.29, 0.717) is 23.4 Å². The Kier molecular flexibility index (Phi) is 4.33. The second kappa shape index (κ2) is 6.95. The van der Waals surface area contributed by atoms with Crippen LogP contribution in [-0.2, 0) is 17.8 Å². The monoisotopic (exact) mass is 361 g/mol. The molecule has 0 fully saturated rings. The Labute approximate surface area is 155 Å². The maximum Gasteiger partial charge on any atom is 0.262 e. The number of nitrogens with one attached hydrogen (secondary N) is 3.